The molecule has 4 rings (SSSR count). The van der Waals surface area contributed by atoms with Crippen molar-refractivity contribution in [3.05, 3.63) is 84.1 Å². The van der Waals surface area contributed by atoms with Crippen molar-refractivity contribution in [3.63, 3.8) is 0 Å². The molecule has 180 valence electrons. The fourth-order valence-electron chi connectivity index (χ4n) is 3.93. The van der Waals surface area contributed by atoms with Crippen LogP contribution in [0, 0.1) is 6.92 Å². The Morgan fingerprint density at radius 1 is 0.800 bits per heavy atom. The van der Waals surface area contributed by atoms with Gasteiger partial charge in [0.15, 0.2) is 6.61 Å². The van der Waals surface area contributed by atoms with E-state index in [0.29, 0.717) is 29.1 Å². The Bertz CT molecular complexity index is 1330. The molecule has 0 N–H and O–H groups in total. The van der Waals surface area contributed by atoms with Gasteiger partial charge in [-0.15, -0.1) is 0 Å². The Morgan fingerprint density at radius 2 is 1.49 bits per heavy atom. The molecule has 0 spiro atoms. The molecule has 1 aromatic heterocycles. The molecule has 0 saturated heterocycles. The van der Waals surface area contributed by atoms with Crippen molar-refractivity contribution in [2.24, 2.45) is 0 Å². The SMILES string of the molecule is CCOC(=O)c1c(C)n(-c2ccc(OCC)cc2)c2ccc(OC(=O)COc3ccccc3)cc12. The minimum Gasteiger partial charge on any atom is -0.494 e. The predicted molar refractivity (Wildman–Crippen MR) is 133 cm³/mol. The van der Waals surface area contributed by atoms with E-state index in [1.165, 1.54) is 0 Å². The van der Waals surface area contributed by atoms with Gasteiger partial charge in [0.1, 0.15) is 17.2 Å². The molecule has 0 fully saturated rings. The van der Waals surface area contributed by atoms with Gasteiger partial charge in [-0.2, -0.15) is 0 Å². The van der Waals surface area contributed by atoms with E-state index in [4.69, 9.17) is 18.9 Å². The summed E-state index contributed by atoms with van der Waals surface area (Å²) in [7, 11) is 0. The molecule has 0 bridgehead atoms. The molecule has 0 unspecified atom stereocenters. The van der Waals surface area contributed by atoms with Gasteiger partial charge in [0.25, 0.3) is 0 Å². The standard InChI is InChI=1S/C28H27NO6/c1-4-32-22-13-11-20(12-14-22)29-19(3)27(28(31)33-5-2)24-17-23(15-16-25(24)29)35-26(30)18-34-21-9-7-6-8-10-21/h6-17H,4-5,18H2,1-3H3. The van der Waals surface area contributed by atoms with Crippen LogP contribution in [0.25, 0.3) is 16.6 Å². The van der Waals surface area contributed by atoms with E-state index < -0.39 is 11.9 Å². The van der Waals surface area contributed by atoms with Gasteiger partial charge in [0, 0.05) is 16.8 Å². The van der Waals surface area contributed by atoms with Gasteiger partial charge in [-0.1, -0.05) is 18.2 Å². The first-order valence-electron chi connectivity index (χ1n) is 11.5. The lowest BCUT2D eigenvalue weighted by atomic mass is 10.1. The average molecular weight is 474 g/mol. The average Bonchev–Trinajstić information content (AvgIpc) is 3.15. The van der Waals surface area contributed by atoms with Crippen molar-refractivity contribution in [3.8, 4) is 22.9 Å². The second kappa shape index (κ2) is 10.8. The third-order valence-corrected chi connectivity index (χ3v) is 5.39. The molecule has 4 aromatic rings. The highest BCUT2D eigenvalue weighted by molar-refractivity contribution is 6.07. The van der Waals surface area contributed by atoms with Crippen LogP contribution in [0.1, 0.15) is 29.9 Å². The number of fused-ring (bicyclic) bond motifs is 1. The summed E-state index contributed by atoms with van der Waals surface area (Å²) in [4.78, 5) is 25.2. The summed E-state index contributed by atoms with van der Waals surface area (Å²) in [5.41, 5.74) is 2.80. The lowest BCUT2D eigenvalue weighted by Crippen LogP contribution is -2.17. The maximum atomic E-state index is 12.9. The maximum Gasteiger partial charge on any atom is 0.349 e. The first-order valence-corrected chi connectivity index (χ1v) is 11.5. The van der Waals surface area contributed by atoms with Crippen LogP contribution in [0.3, 0.4) is 0 Å². The minimum absolute atomic E-state index is 0.237. The van der Waals surface area contributed by atoms with Crippen molar-refractivity contribution >= 4 is 22.8 Å². The molecule has 0 atom stereocenters. The summed E-state index contributed by atoms with van der Waals surface area (Å²) in [6.07, 6.45) is 0. The zero-order valence-electron chi connectivity index (χ0n) is 19.9. The molecule has 0 aliphatic carbocycles. The van der Waals surface area contributed by atoms with E-state index in [-0.39, 0.29) is 13.2 Å². The summed E-state index contributed by atoms with van der Waals surface area (Å²) in [6.45, 7) is 6.15. The van der Waals surface area contributed by atoms with Crippen molar-refractivity contribution in [2.75, 3.05) is 19.8 Å². The van der Waals surface area contributed by atoms with Gasteiger partial charge in [-0.3, -0.25) is 0 Å². The molecule has 0 aliphatic rings. The van der Waals surface area contributed by atoms with Crippen LogP contribution in [-0.4, -0.2) is 36.3 Å². The highest BCUT2D eigenvalue weighted by Gasteiger charge is 2.23. The summed E-state index contributed by atoms with van der Waals surface area (Å²) in [6, 6.07) is 21.9. The van der Waals surface area contributed by atoms with Crippen molar-refractivity contribution < 1.29 is 28.5 Å². The number of aromatic nitrogens is 1. The fourth-order valence-corrected chi connectivity index (χ4v) is 3.93. The van der Waals surface area contributed by atoms with Crippen LogP contribution >= 0.6 is 0 Å². The van der Waals surface area contributed by atoms with E-state index in [1.54, 1.807) is 31.2 Å². The van der Waals surface area contributed by atoms with Gasteiger partial charge in [-0.05, 0) is 75.4 Å². The number of rotatable bonds is 9. The Morgan fingerprint density at radius 3 is 2.17 bits per heavy atom. The number of ether oxygens (including phenoxy) is 4. The topological polar surface area (TPSA) is 76.0 Å². The number of esters is 2. The fraction of sp³-hybridized carbons (Fsp3) is 0.214. The molecule has 0 radical (unpaired) electrons. The van der Waals surface area contributed by atoms with Crippen molar-refractivity contribution in [1.82, 2.24) is 4.57 Å². The Hall–Kier alpha value is -4.26. The summed E-state index contributed by atoms with van der Waals surface area (Å²) in [5.74, 6) is 0.674. The van der Waals surface area contributed by atoms with E-state index in [9.17, 15) is 9.59 Å². The number of nitrogens with zero attached hydrogens (tertiary/aromatic N) is 1. The van der Waals surface area contributed by atoms with Crippen LogP contribution in [0.5, 0.6) is 17.2 Å². The Labute approximate surface area is 203 Å². The lowest BCUT2D eigenvalue weighted by Gasteiger charge is -2.11. The monoisotopic (exact) mass is 473 g/mol. The maximum absolute atomic E-state index is 12.9. The van der Waals surface area contributed by atoms with Gasteiger partial charge < -0.3 is 23.5 Å². The minimum atomic E-state index is -0.548. The number of carbonyl (C=O) groups is 2. The van der Waals surface area contributed by atoms with Crippen LogP contribution in [0.4, 0.5) is 0 Å². The zero-order valence-corrected chi connectivity index (χ0v) is 19.9. The van der Waals surface area contributed by atoms with E-state index in [1.807, 2.05) is 66.9 Å². The van der Waals surface area contributed by atoms with Crippen molar-refractivity contribution in [2.45, 2.75) is 20.8 Å². The second-order valence-corrected chi connectivity index (χ2v) is 7.70. The number of carbonyl (C=O) groups excluding carboxylic acids is 2. The van der Waals surface area contributed by atoms with Gasteiger partial charge in [0.05, 0.1) is 24.3 Å². The second-order valence-electron chi connectivity index (χ2n) is 7.70. The quantitative estimate of drug-likeness (QED) is 0.236. The number of para-hydroxylation sites is 1. The Kier molecular flexibility index (Phi) is 7.35. The molecule has 0 amide bonds. The number of hydrogen-bond acceptors (Lipinski definition) is 6. The molecule has 7 heteroatoms. The molecule has 0 saturated carbocycles. The third kappa shape index (κ3) is 5.30. The summed E-state index contributed by atoms with van der Waals surface area (Å²) < 4.78 is 23.8. The first-order chi connectivity index (χ1) is 17.0. The smallest absolute Gasteiger partial charge is 0.349 e. The summed E-state index contributed by atoms with van der Waals surface area (Å²) in [5, 5.41) is 0.629. The van der Waals surface area contributed by atoms with Gasteiger partial charge in [-0.25, -0.2) is 9.59 Å². The van der Waals surface area contributed by atoms with Crippen LogP contribution in [-0.2, 0) is 9.53 Å². The number of hydrogen-bond donors (Lipinski definition) is 0. The molecule has 7 nitrogen and oxygen atoms in total. The largest absolute Gasteiger partial charge is 0.494 e. The third-order valence-electron chi connectivity index (χ3n) is 5.39. The summed E-state index contributed by atoms with van der Waals surface area (Å²) >= 11 is 0. The first kappa shape index (κ1) is 23.9. The highest BCUT2D eigenvalue weighted by atomic mass is 16.6. The zero-order chi connectivity index (χ0) is 24.8. The van der Waals surface area contributed by atoms with Gasteiger partial charge >= 0.3 is 11.9 Å². The normalized spacial score (nSPS) is 10.7. The van der Waals surface area contributed by atoms with E-state index >= 15 is 0 Å². The molecular weight excluding hydrogens is 446 g/mol. The molecule has 0 aliphatic heterocycles. The Balaban J connectivity index is 1.67. The predicted octanol–water partition coefficient (Wildman–Crippen LogP) is 5.50. The van der Waals surface area contributed by atoms with Crippen LogP contribution < -0.4 is 14.2 Å². The van der Waals surface area contributed by atoms with E-state index in [0.717, 1.165) is 22.6 Å². The van der Waals surface area contributed by atoms with Crippen molar-refractivity contribution in [1.29, 1.82) is 0 Å². The molecular formula is C28H27NO6. The lowest BCUT2D eigenvalue weighted by molar-refractivity contribution is -0.136. The molecule has 3 aromatic carbocycles. The van der Waals surface area contributed by atoms with E-state index in [2.05, 4.69) is 0 Å². The van der Waals surface area contributed by atoms with Crippen LogP contribution in [0.2, 0.25) is 0 Å². The van der Waals surface area contributed by atoms with Gasteiger partial charge in [0.2, 0.25) is 0 Å². The molecule has 35 heavy (non-hydrogen) atoms. The molecule has 1 heterocycles. The highest BCUT2D eigenvalue weighted by Crippen LogP contribution is 2.33. The van der Waals surface area contributed by atoms with Crippen LogP contribution in [0.15, 0.2) is 72.8 Å². The number of benzene rings is 3.